The van der Waals surface area contributed by atoms with Crippen molar-refractivity contribution in [3.8, 4) is 6.07 Å². The first-order valence-electron chi connectivity index (χ1n) is 7.71. The number of hydrogen-bond acceptors (Lipinski definition) is 6. The molecule has 0 aromatic heterocycles. The van der Waals surface area contributed by atoms with Gasteiger partial charge in [0.1, 0.15) is 12.2 Å². The molecule has 1 aromatic rings. The molecular weight excluding hydrogens is 340 g/mol. The van der Waals surface area contributed by atoms with Crippen molar-refractivity contribution in [3.63, 3.8) is 0 Å². The van der Waals surface area contributed by atoms with Gasteiger partial charge >= 0.3 is 5.97 Å². The number of nitriles is 1. The normalized spacial score (nSPS) is 19.3. The first-order valence-corrected chi connectivity index (χ1v) is 7.71. The molecule has 0 aliphatic heterocycles. The lowest BCUT2D eigenvalue weighted by atomic mass is 9.87. The fourth-order valence-corrected chi connectivity index (χ4v) is 2.50. The zero-order chi connectivity index (χ0) is 19.3. The van der Waals surface area contributed by atoms with E-state index in [1.807, 2.05) is 6.07 Å². The summed E-state index contributed by atoms with van der Waals surface area (Å²) in [4.78, 5) is 23.1. The Morgan fingerprint density at radius 2 is 2.08 bits per heavy atom. The summed E-state index contributed by atoms with van der Waals surface area (Å²) < 4.78 is 5.31. The summed E-state index contributed by atoms with van der Waals surface area (Å²) in [7, 11) is 0. The Morgan fingerprint density at radius 1 is 1.38 bits per heavy atom. The number of ether oxygens (including phenoxy) is 1. The van der Waals surface area contributed by atoms with E-state index in [9.17, 15) is 25.1 Å². The van der Waals surface area contributed by atoms with Gasteiger partial charge < -0.3 is 25.4 Å². The Labute approximate surface area is 149 Å². The van der Waals surface area contributed by atoms with Gasteiger partial charge in [-0.3, -0.25) is 4.79 Å². The molecule has 1 aliphatic carbocycles. The van der Waals surface area contributed by atoms with Crippen molar-refractivity contribution in [1.82, 2.24) is 5.32 Å². The second kappa shape index (κ2) is 7.93. The van der Waals surface area contributed by atoms with E-state index in [0.29, 0.717) is 5.70 Å². The van der Waals surface area contributed by atoms with Crippen LogP contribution >= 0.6 is 0 Å². The van der Waals surface area contributed by atoms with Crippen LogP contribution < -0.4 is 5.32 Å². The van der Waals surface area contributed by atoms with Gasteiger partial charge in [-0.15, -0.1) is 0 Å². The summed E-state index contributed by atoms with van der Waals surface area (Å²) in [6.07, 6.45) is 1.41. The summed E-state index contributed by atoms with van der Waals surface area (Å²) in [6.45, 7) is 1.05. The van der Waals surface area contributed by atoms with Crippen molar-refractivity contribution in [2.75, 3.05) is 6.61 Å². The lowest BCUT2D eigenvalue weighted by Gasteiger charge is -2.30. The first kappa shape index (κ1) is 19.3. The highest BCUT2D eigenvalue weighted by atomic mass is 16.5. The average Bonchev–Trinajstić information content (AvgIpc) is 2.61. The number of nitrogens with one attached hydrogen (secondary N) is 1. The molecular formula is C18H18N2O6. The molecule has 2 rings (SSSR count). The van der Waals surface area contributed by atoms with Gasteiger partial charge in [-0.05, 0) is 19.1 Å². The van der Waals surface area contributed by atoms with E-state index in [0.717, 1.165) is 0 Å². The molecule has 0 spiro atoms. The molecule has 0 radical (unpaired) electrons. The number of nitrogens with zero attached hydrogens (tertiary/aromatic N) is 1. The van der Waals surface area contributed by atoms with Gasteiger partial charge in [0.05, 0.1) is 11.6 Å². The Balaban J connectivity index is 2.18. The van der Waals surface area contributed by atoms with Crippen LogP contribution in [0.5, 0.6) is 0 Å². The van der Waals surface area contributed by atoms with Crippen molar-refractivity contribution in [2.24, 2.45) is 0 Å². The van der Waals surface area contributed by atoms with E-state index in [4.69, 9.17) is 9.84 Å². The number of amides is 1. The molecule has 136 valence electrons. The molecule has 26 heavy (non-hydrogen) atoms. The molecule has 0 saturated carbocycles. The standard InChI is InChI=1S/C18H18N2O6/c1-18(26-10-15(21)22)7-6-12(8-11(18)9-19)20-16(23)13-4-2-3-5-14(13)17(24)25/h2-6,8,17,24-25H,7,10H2,1H3,(H,20,23)(H,21,22). The van der Waals surface area contributed by atoms with Crippen LogP contribution in [0, 0.1) is 11.3 Å². The van der Waals surface area contributed by atoms with Crippen LogP contribution in [0.15, 0.2) is 47.7 Å². The molecule has 4 N–H and O–H groups in total. The highest BCUT2D eigenvalue weighted by Gasteiger charge is 2.33. The molecule has 1 amide bonds. The van der Waals surface area contributed by atoms with Gasteiger partial charge in [0, 0.05) is 23.2 Å². The number of hydrogen-bond donors (Lipinski definition) is 4. The summed E-state index contributed by atoms with van der Waals surface area (Å²) >= 11 is 0. The number of carbonyl (C=O) groups excluding carboxylic acids is 1. The Kier molecular flexibility index (Phi) is 5.90. The molecule has 0 saturated heterocycles. The van der Waals surface area contributed by atoms with Crippen LogP contribution in [0.1, 0.15) is 35.6 Å². The van der Waals surface area contributed by atoms with Gasteiger partial charge in [-0.25, -0.2) is 4.79 Å². The van der Waals surface area contributed by atoms with E-state index in [1.54, 1.807) is 25.1 Å². The number of carbonyl (C=O) groups is 2. The van der Waals surface area contributed by atoms with E-state index in [-0.39, 0.29) is 23.1 Å². The smallest absolute Gasteiger partial charge is 0.329 e. The number of aliphatic hydroxyl groups is 2. The maximum atomic E-state index is 12.4. The lowest BCUT2D eigenvalue weighted by Crippen LogP contribution is -2.36. The van der Waals surface area contributed by atoms with Gasteiger partial charge in [0.25, 0.3) is 5.91 Å². The minimum absolute atomic E-state index is 0.0560. The van der Waals surface area contributed by atoms with Crippen LogP contribution in [-0.2, 0) is 9.53 Å². The molecule has 8 heteroatoms. The van der Waals surface area contributed by atoms with Crippen LogP contribution in [0.2, 0.25) is 0 Å². The maximum Gasteiger partial charge on any atom is 0.329 e. The zero-order valence-corrected chi connectivity index (χ0v) is 14.0. The van der Waals surface area contributed by atoms with Crippen molar-refractivity contribution >= 4 is 11.9 Å². The number of carboxylic acid groups (broad SMARTS) is 1. The Hall–Kier alpha value is -2.99. The summed E-state index contributed by atoms with van der Waals surface area (Å²) in [5.41, 5.74) is -0.441. The van der Waals surface area contributed by atoms with E-state index < -0.39 is 30.4 Å². The van der Waals surface area contributed by atoms with Gasteiger partial charge in [0.2, 0.25) is 0 Å². The monoisotopic (exact) mass is 358 g/mol. The Morgan fingerprint density at radius 3 is 2.69 bits per heavy atom. The van der Waals surface area contributed by atoms with Crippen LogP contribution in [0.25, 0.3) is 0 Å². The summed E-state index contributed by atoms with van der Waals surface area (Å²) in [6, 6.07) is 7.99. The third kappa shape index (κ3) is 4.34. The van der Waals surface area contributed by atoms with Gasteiger partial charge in [0.15, 0.2) is 6.29 Å². The molecule has 1 unspecified atom stereocenters. The van der Waals surface area contributed by atoms with Crippen molar-refractivity contribution in [1.29, 1.82) is 5.26 Å². The van der Waals surface area contributed by atoms with Crippen molar-refractivity contribution < 1.29 is 29.6 Å². The summed E-state index contributed by atoms with van der Waals surface area (Å²) in [5, 5.41) is 39.4. The largest absolute Gasteiger partial charge is 0.480 e. The topological polar surface area (TPSA) is 140 Å². The van der Waals surface area contributed by atoms with Gasteiger partial charge in [-0.2, -0.15) is 5.26 Å². The zero-order valence-electron chi connectivity index (χ0n) is 14.0. The minimum atomic E-state index is -1.80. The lowest BCUT2D eigenvalue weighted by molar-refractivity contribution is -0.146. The molecule has 1 aromatic carbocycles. The molecule has 0 bridgehead atoms. The van der Waals surface area contributed by atoms with Crippen LogP contribution in [-0.4, -0.2) is 39.4 Å². The number of allylic oxidation sites excluding steroid dienone is 1. The molecule has 1 atom stereocenters. The minimum Gasteiger partial charge on any atom is -0.480 e. The van der Waals surface area contributed by atoms with E-state index in [2.05, 4.69) is 5.32 Å². The molecule has 0 fully saturated rings. The molecule has 0 heterocycles. The fraction of sp³-hybridized carbons (Fsp3) is 0.278. The predicted octanol–water partition coefficient (Wildman–Crippen LogP) is 0.997. The highest BCUT2D eigenvalue weighted by Crippen LogP contribution is 2.30. The quantitative estimate of drug-likeness (QED) is 0.556. The Bertz CT molecular complexity index is 821. The van der Waals surface area contributed by atoms with Crippen molar-refractivity contribution in [2.45, 2.75) is 25.2 Å². The maximum absolute atomic E-state index is 12.4. The fourth-order valence-electron chi connectivity index (χ4n) is 2.50. The van der Waals surface area contributed by atoms with E-state index >= 15 is 0 Å². The molecule has 1 aliphatic rings. The first-order chi connectivity index (χ1) is 12.3. The third-order valence-electron chi connectivity index (χ3n) is 3.96. The number of benzene rings is 1. The highest BCUT2D eigenvalue weighted by molar-refractivity contribution is 5.97. The van der Waals surface area contributed by atoms with Crippen molar-refractivity contribution in [3.05, 3.63) is 58.8 Å². The van der Waals surface area contributed by atoms with Crippen LogP contribution in [0.3, 0.4) is 0 Å². The number of aliphatic hydroxyl groups excluding tert-OH is 1. The average molecular weight is 358 g/mol. The second-order valence-corrected chi connectivity index (χ2v) is 5.86. The summed E-state index contributed by atoms with van der Waals surface area (Å²) in [5.74, 6) is -1.71. The third-order valence-corrected chi connectivity index (χ3v) is 3.96. The molecule has 8 nitrogen and oxygen atoms in total. The predicted molar refractivity (Wildman–Crippen MR) is 89.5 cm³/mol. The number of aliphatic carboxylic acids is 1. The van der Waals surface area contributed by atoms with Gasteiger partial charge in [-0.1, -0.05) is 24.3 Å². The second-order valence-electron chi connectivity index (χ2n) is 5.86. The SMILES string of the molecule is CC1(OCC(=O)O)CC=C(NC(=O)c2ccccc2C(O)O)C=C1C#N. The van der Waals surface area contributed by atoms with E-state index in [1.165, 1.54) is 18.2 Å². The number of carboxylic acids is 1. The number of rotatable bonds is 6. The van der Waals surface area contributed by atoms with Crippen LogP contribution in [0.4, 0.5) is 0 Å².